The number of nitrogens with zero attached hydrogens (tertiary/aromatic N) is 3. The average Bonchev–Trinajstić information content (AvgIpc) is 2.50. The number of benzene rings is 2. The highest BCUT2D eigenvalue weighted by molar-refractivity contribution is 5.84. The summed E-state index contributed by atoms with van der Waals surface area (Å²) in [4.78, 5) is 8.90. The van der Waals surface area contributed by atoms with Crippen LogP contribution in [0.3, 0.4) is 0 Å². The van der Waals surface area contributed by atoms with Crippen LogP contribution in [0.5, 0.6) is 11.5 Å². The Morgan fingerprint density at radius 2 is 1.77 bits per heavy atom. The minimum absolute atomic E-state index is 0.00107. The van der Waals surface area contributed by atoms with Crippen molar-refractivity contribution in [2.24, 2.45) is 5.10 Å². The first kappa shape index (κ1) is 13.8. The molecule has 0 saturated carbocycles. The lowest BCUT2D eigenvalue weighted by Gasteiger charge is -2.05. The van der Waals surface area contributed by atoms with Crippen molar-refractivity contribution < 1.29 is 10.2 Å². The van der Waals surface area contributed by atoms with Crippen LogP contribution in [0.1, 0.15) is 11.3 Å². The number of phenolic OH excluding ortho intramolecular Hbond substituents is 2. The number of rotatable bonds is 3. The molecule has 0 radical (unpaired) electrons. The van der Waals surface area contributed by atoms with Gasteiger partial charge in [0, 0.05) is 11.6 Å². The molecule has 3 N–H and O–H groups in total. The SMILES string of the molecule is Cc1nc2ccccc2nc1N/N=C\c1ccc(O)cc1O. The molecule has 0 amide bonds. The van der Waals surface area contributed by atoms with Gasteiger partial charge in [-0.05, 0) is 31.2 Å². The molecule has 0 unspecified atom stereocenters. The second-order valence-corrected chi connectivity index (χ2v) is 4.76. The molecule has 110 valence electrons. The second-order valence-electron chi connectivity index (χ2n) is 4.76. The van der Waals surface area contributed by atoms with Gasteiger partial charge in [0.05, 0.1) is 22.9 Å². The quantitative estimate of drug-likeness (QED) is 0.510. The van der Waals surface area contributed by atoms with E-state index in [1.54, 1.807) is 6.07 Å². The number of aromatic hydroxyl groups is 2. The molecule has 6 heteroatoms. The van der Waals surface area contributed by atoms with Crippen molar-refractivity contribution in [1.82, 2.24) is 9.97 Å². The van der Waals surface area contributed by atoms with Crippen molar-refractivity contribution >= 4 is 23.1 Å². The first-order valence-corrected chi connectivity index (χ1v) is 6.68. The number of phenols is 2. The summed E-state index contributed by atoms with van der Waals surface area (Å²) in [6, 6.07) is 11.9. The normalized spacial score (nSPS) is 11.1. The molecule has 0 aliphatic rings. The van der Waals surface area contributed by atoms with Gasteiger partial charge < -0.3 is 10.2 Å². The minimum atomic E-state index is -0.0492. The van der Waals surface area contributed by atoms with E-state index >= 15 is 0 Å². The Bertz CT molecular complexity index is 862. The summed E-state index contributed by atoms with van der Waals surface area (Å²) in [6.07, 6.45) is 1.45. The Balaban J connectivity index is 1.84. The lowest BCUT2D eigenvalue weighted by Crippen LogP contribution is -1.99. The van der Waals surface area contributed by atoms with Gasteiger partial charge in [0.2, 0.25) is 0 Å². The van der Waals surface area contributed by atoms with E-state index in [9.17, 15) is 10.2 Å². The highest BCUT2D eigenvalue weighted by Gasteiger charge is 2.04. The molecule has 0 saturated heterocycles. The van der Waals surface area contributed by atoms with Gasteiger partial charge in [-0.15, -0.1) is 0 Å². The topological polar surface area (TPSA) is 90.6 Å². The van der Waals surface area contributed by atoms with E-state index in [0.717, 1.165) is 16.7 Å². The number of hydrogen-bond donors (Lipinski definition) is 3. The summed E-state index contributed by atoms with van der Waals surface area (Å²) < 4.78 is 0. The molecule has 2 aromatic carbocycles. The summed E-state index contributed by atoms with van der Waals surface area (Å²) >= 11 is 0. The maximum Gasteiger partial charge on any atom is 0.168 e. The summed E-state index contributed by atoms with van der Waals surface area (Å²) in [6.45, 7) is 1.84. The van der Waals surface area contributed by atoms with E-state index in [1.807, 2.05) is 31.2 Å². The van der Waals surface area contributed by atoms with Gasteiger partial charge in [-0.1, -0.05) is 12.1 Å². The fourth-order valence-corrected chi connectivity index (χ4v) is 2.00. The van der Waals surface area contributed by atoms with E-state index in [0.29, 0.717) is 11.4 Å². The van der Waals surface area contributed by atoms with Crippen LogP contribution in [0.25, 0.3) is 11.0 Å². The molecule has 0 aliphatic heterocycles. The van der Waals surface area contributed by atoms with Gasteiger partial charge in [-0.2, -0.15) is 5.10 Å². The Labute approximate surface area is 126 Å². The molecule has 0 bridgehead atoms. The van der Waals surface area contributed by atoms with Crippen LogP contribution in [0.2, 0.25) is 0 Å². The third-order valence-corrected chi connectivity index (χ3v) is 3.13. The zero-order valence-corrected chi connectivity index (χ0v) is 11.9. The monoisotopic (exact) mass is 294 g/mol. The Kier molecular flexibility index (Phi) is 3.57. The van der Waals surface area contributed by atoms with Gasteiger partial charge >= 0.3 is 0 Å². The lowest BCUT2D eigenvalue weighted by atomic mass is 10.2. The van der Waals surface area contributed by atoms with Crippen LogP contribution in [0, 0.1) is 6.92 Å². The van der Waals surface area contributed by atoms with Crippen molar-refractivity contribution in [1.29, 1.82) is 0 Å². The van der Waals surface area contributed by atoms with Gasteiger partial charge in [-0.25, -0.2) is 9.97 Å². The van der Waals surface area contributed by atoms with Crippen LogP contribution in [0.15, 0.2) is 47.6 Å². The third-order valence-electron chi connectivity index (χ3n) is 3.13. The van der Waals surface area contributed by atoms with Crippen LogP contribution >= 0.6 is 0 Å². The number of aromatic nitrogens is 2. The van der Waals surface area contributed by atoms with Gasteiger partial charge in [-0.3, -0.25) is 5.43 Å². The van der Waals surface area contributed by atoms with Crippen LogP contribution in [-0.4, -0.2) is 26.4 Å². The van der Waals surface area contributed by atoms with E-state index in [2.05, 4.69) is 20.5 Å². The molecule has 3 aromatic rings. The molecular formula is C16H14N4O2. The zero-order chi connectivity index (χ0) is 15.5. The number of para-hydroxylation sites is 2. The first-order chi connectivity index (χ1) is 10.6. The van der Waals surface area contributed by atoms with Gasteiger partial charge in [0.25, 0.3) is 0 Å². The molecule has 0 atom stereocenters. The van der Waals surface area contributed by atoms with E-state index in [1.165, 1.54) is 18.3 Å². The summed E-state index contributed by atoms with van der Waals surface area (Å²) in [5, 5.41) is 23.0. The fraction of sp³-hybridized carbons (Fsp3) is 0.0625. The molecule has 0 fully saturated rings. The largest absolute Gasteiger partial charge is 0.508 e. The Morgan fingerprint density at radius 3 is 2.50 bits per heavy atom. The van der Waals surface area contributed by atoms with Gasteiger partial charge in [0.15, 0.2) is 5.82 Å². The van der Waals surface area contributed by atoms with Crippen molar-refractivity contribution in [2.45, 2.75) is 6.92 Å². The van der Waals surface area contributed by atoms with Crippen molar-refractivity contribution in [2.75, 3.05) is 5.43 Å². The molecule has 22 heavy (non-hydrogen) atoms. The molecule has 1 heterocycles. The Morgan fingerprint density at radius 1 is 1.05 bits per heavy atom. The van der Waals surface area contributed by atoms with Gasteiger partial charge in [0.1, 0.15) is 11.5 Å². The molecule has 0 aliphatic carbocycles. The Hall–Kier alpha value is -3.15. The van der Waals surface area contributed by atoms with Crippen molar-refractivity contribution in [3.05, 3.63) is 53.7 Å². The number of fused-ring (bicyclic) bond motifs is 1. The highest BCUT2D eigenvalue weighted by Crippen LogP contribution is 2.21. The predicted molar refractivity (Wildman–Crippen MR) is 85.3 cm³/mol. The fourth-order valence-electron chi connectivity index (χ4n) is 2.00. The van der Waals surface area contributed by atoms with E-state index in [4.69, 9.17) is 0 Å². The van der Waals surface area contributed by atoms with Crippen LogP contribution < -0.4 is 5.43 Å². The zero-order valence-electron chi connectivity index (χ0n) is 11.9. The minimum Gasteiger partial charge on any atom is -0.508 e. The molecule has 3 rings (SSSR count). The standard InChI is InChI=1S/C16H14N4O2/c1-10-16(19-14-5-3-2-4-13(14)18-10)20-17-9-11-6-7-12(21)8-15(11)22/h2-9,21-22H,1H3,(H,19,20)/b17-9-. The van der Waals surface area contributed by atoms with E-state index in [-0.39, 0.29) is 11.5 Å². The number of anilines is 1. The predicted octanol–water partition coefficient (Wildman–Crippen LogP) is 2.80. The number of hydrogen-bond acceptors (Lipinski definition) is 6. The first-order valence-electron chi connectivity index (χ1n) is 6.68. The number of hydrazone groups is 1. The number of nitrogens with one attached hydrogen (secondary N) is 1. The summed E-state index contributed by atoms with van der Waals surface area (Å²) in [7, 11) is 0. The smallest absolute Gasteiger partial charge is 0.168 e. The summed E-state index contributed by atoms with van der Waals surface area (Å²) in [5.41, 5.74) is 5.63. The molecular weight excluding hydrogens is 280 g/mol. The lowest BCUT2D eigenvalue weighted by molar-refractivity contribution is 0.450. The number of aryl methyl sites for hydroxylation is 1. The van der Waals surface area contributed by atoms with Crippen molar-refractivity contribution in [3.8, 4) is 11.5 Å². The third kappa shape index (κ3) is 2.80. The van der Waals surface area contributed by atoms with Crippen LogP contribution in [-0.2, 0) is 0 Å². The van der Waals surface area contributed by atoms with E-state index < -0.39 is 0 Å². The molecule has 6 nitrogen and oxygen atoms in total. The second kappa shape index (κ2) is 5.69. The average molecular weight is 294 g/mol. The maximum absolute atomic E-state index is 9.68. The van der Waals surface area contributed by atoms with Crippen LogP contribution in [0.4, 0.5) is 5.82 Å². The summed E-state index contributed by atoms with van der Waals surface area (Å²) in [5.74, 6) is 0.499. The highest BCUT2D eigenvalue weighted by atomic mass is 16.3. The molecule has 1 aromatic heterocycles. The molecule has 0 spiro atoms. The maximum atomic E-state index is 9.68. The van der Waals surface area contributed by atoms with Crippen molar-refractivity contribution in [3.63, 3.8) is 0 Å².